The van der Waals surface area contributed by atoms with Gasteiger partial charge in [0, 0.05) is 5.39 Å². The number of fused-ring (bicyclic) bond motifs is 1. The highest BCUT2D eigenvalue weighted by Crippen LogP contribution is 2.42. The summed E-state index contributed by atoms with van der Waals surface area (Å²) in [4.78, 5) is 10.7. The molecule has 1 N–H and O–H groups in total. The highest BCUT2D eigenvalue weighted by atomic mass is 16.5. The van der Waals surface area contributed by atoms with Gasteiger partial charge in [-0.3, -0.25) is 0 Å². The molecule has 16 heavy (non-hydrogen) atoms. The van der Waals surface area contributed by atoms with Crippen molar-refractivity contribution in [3.8, 4) is 11.5 Å². The third kappa shape index (κ3) is 1.58. The van der Waals surface area contributed by atoms with Crippen LogP contribution in [-0.2, 0) is 0 Å². The lowest BCUT2D eigenvalue weighted by Crippen LogP contribution is -1.92. The molecule has 0 fully saturated rings. The third-order valence-corrected chi connectivity index (χ3v) is 2.35. The van der Waals surface area contributed by atoms with Gasteiger partial charge < -0.3 is 9.84 Å². The number of ether oxygens (including phenoxy) is 1. The number of hydrogen-bond acceptors (Lipinski definition) is 4. The number of aromatic hydroxyl groups is 1. The lowest BCUT2D eigenvalue weighted by Gasteiger charge is -2.09. The van der Waals surface area contributed by atoms with E-state index in [-0.39, 0.29) is 17.2 Å². The van der Waals surface area contributed by atoms with E-state index in [0.717, 1.165) is 5.39 Å². The molecule has 2 rings (SSSR count). The molecule has 0 atom stereocenters. The van der Waals surface area contributed by atoms with Crippen molar-refractivity contribution in [2.45, 2.75) is 6.92 Å². The number of rotatable bonds is 3. The summed E-state index contributed by atoms with van der Waals surface area (Å²) in [6.07, 6.45) is 0. The maximum Gasteiger partial charge on any atom is 0.188 e. The zero-order valence-corrected chi connectivity index (χ0v) is 8.80. The Labute approximate surface area is 92.4 Å². The van der Waals surface area contributed by atoms with Gasteiger partial charge in [0.05, 0.1) is 6.61 Å². The monoisotopic (exact) mass is 217 g/mol. The van der Waals surface area contributed by atoms with Gasteiger partial charge in [0.1, 0.15) is 0 Å². The van der Waals surface area contributed by atoms with Crippen LogP contribution in [0.5, 0.6) is 11.5 Å². The standard InChI is InChI=1S/C12H11NO3/c1-2-16-10-7-8-5-3-4-6-9(8)11(13-15)12(10)14/h3-7,14H,2H2,1H3. The van der Waals surface area contributed by atoms with Gasteiger partial charge in [0.2, 0.25) is 0 Å². The lowest BCUT2D eigenvalue weighted by atomic mass is 10.1. The average Bonchev–Trinajstić information content (AvgIpc) is 2.31. The molecular weight excluding hydrogens is 206 g/mol. The molecule has 0 aliphatic carbocycles. The predicted molar refractivity (Wildman–Crippen MR) is 62.2 cm³/mol. The summed E-state index contributed by atoms with van der Waals surface area (Å²) in [6.45, 7) is 2.23. The summed E-state index contributed by atoms with van der Waals surface area (Å²) in [7, 11) is 0. The third-order valence-electron chi connectivity index (χ3n) is 2.35. The molecule has 0 bridgehead atoms. The number of nitrogens with zero attached hydrogens (tertiary/aromatic N) is 1. The Morgan fingerprint density at radius 2 is 2.12 bits per heavy atom. The Hall–Kier alpha value is -2.10. The molecule has 0 aromatic heterocycles. The molecule has 0 unspecified atom stereocenters. The molecule has 0 spiro atoms. The largest absolute Gasteiger partial charge is 0.503 e. The van der Waals surface area contributed by atoms with E-state index in [1.165, 1.54) is 0 Å². The molecule has 0 heterocycles. The Morgan fingerprint density at radius 3 is 2.81 bits per heavy atom. The molecule has 4 heteroatoms. The van der Waals surface area contributed by atoms with E-state index in [9.17, 15) is 10.0 Å². The Bertz CT molecular complexity index is 537. The van der Waals surface area contributed by atoms with Crippen molar-refractivity contribution < 1.29 is 9.84 Å². The molecule has 0 saturated carbocycles. The number of hydrogen-bond donors (Lipinski definition) is 1. The zero-order chi connectivity index (χ0) is 11.5. The molecule has 82 valence electrons. The van der Waals surface area contributed by atoms with Crippen molar-refractivity contribution in [2.75, 3.05) is 6.61 Å². The molecule has 0 amide bonds. The first-order valence-corrected chi connectivity index (χ1v) is 4.98. The maximum absolute atomic E-state index is 10.7. The molecule has 0 saturated heterocycles. The molecule has 0 aliphatic rings. The summed E-state index contributed by atoms with van der Waals surface area (Å²) < 4.78 is 5.24. The Kier molecular flexibility index (Phi) is 2.72. The Morgan fingerprint density at radius 1 is 1.38 bits per heavy atom. The molecule has 2 aromatic carbocycles. The van der Waals surface area contributed by atoms with Crippen LogP contribution in [0.4, 0.5) is 5.69 Å². The van der Waals surface area contributed by atoms with E-state index in [1.54, 1.807) is 18.2 Å². The molecule has 0 radical (unpaired) electrons. The SMILES string of the molecule is CCOc1cc2ccccc2c(N=O)c1O. The fourth-order valence-electron chi connectivity index (χ4n) is 1.65. The van der Waals surface area contributed by atoms with Gasteiger partial charge in [-0.25, -0.2) is 0 Å². The molecule has 2 aromatic rings. The van der Waals surface area contributed by atoms with Crippen LogP contribution in [0.2, 0.25) is 0 Å². The minimum absolute atomic E-state index is 0.0292. The van der Waals surface area contributed by atoms with E-state index in [4.69, 9.17) is 4.74 Å². The quantitative estimate of drug-likeness (QED) is 0.802. The van der Waals surface area contributed by atoms with Crippen LogP contribution >= 0.6 is 0 Å². The number of phenolic OH excluding ortho intramolecular Hbond substituents is 1. The second-order valence-corrected chi connectivity index (χ2v) is 3.32. The molecular formula is C12H11NO3. The first kappa shape index (κ1) is 10.4. The van der Waals surface area contributed by atoms with Gasteiger partial charge in [-0.1, -0.05) is 24.3 Å². The minimum atomic E-state index is -0.199. The normalized spacial score (nSPS) is 10.3. The zero-order valence-electron chi connectivity index (χ0n) is 8.80. The minimum Gasteiger partial charge on any atom is -0.503 e. The number of benzene rings is 2. The van der Waals surface area contributed by atoms with Crippen molar-refractivity contribution in [1.29, 1.82) is 0 Å². The topological polar surface area (TPSA) is 58.9 Å². The fourth-order valence-corrected chi connectivity index (χ4v) is 1.65. The maximum atomic E-state index is 10.7. The highest BCUT2D eigenvalue weighted by molar-refractivity contribution is 5.97. The van der Waals surface area contributed by atoms with Gasteiger partial charge in [-0.05, 0) is 23.6 Å². The summed E-state index contributed by atoms with van der Waals surface area (Å²) in [5.41, 5.74) is 0.0292. The average molecular weight is 217 g/mol. The second-order valence-electron chi connectivity index (χ2n) is 3.32. The van der Waals surface area contributed by atoms with Crippen LogP contribution in [0.3, 0.4) is 0 Å². The van der Waals surface area contributed by atoms with Crippen molar-refractivity contribution >= 4 is 16.5 Å². The first-order chi connectivity index (χ1) is 7.77. The van der Waals surface area contributed by atoms with Crippen LogP contribution < -0.4 is 4.74 Å². The summed E-state index contributed by atoms with van der Waals surface area (Å²) in [6, 6.07) is 8.91. The van der Waals surface area contributed by atoms with E-state index >= 15 is 0 Å². The number of phenols is 1. The predicted octanol–water partition coefficient (Wildman–Crippen LogP) is 3.34. The van der Waals surface area contributed by atoms with Crippen LogP contribution in [0.1, 0.15) is 6.92 Å². The fraction of sp³-hybridized carbons (Fsp3) is 0.167. The van der Waals surface area contributed by atoms with Crippen molar-refractivity contribution in [3.63, 3.8) is 0 Å². The molecule has 4 nitrogen and oxygen atoms in total. The summed E-state index contributed by atoms with van der Waals surface area (Å²) in [5.74, 6) is 0.0892. The van der Waals surface area contributed by atoms with Gasteiger partial charge >= 0.3 is 0 Å². The van der Waals surface area contributed by atoms with Crippen LogP contribution in [0, 0.1) is 4.91 Å². The smallest absolute Gasteiger partial charge is 0.188 e. The van der Waals surface area contributed by atoms with Gasteiger partial charge in [-0.2, -0.15) is 0 Å². The van der Waals surface area contributed by atoms with Gasteiger partial charge in [0.15, 0.2) is 17.2 Å². The molecule has 0 aliphatic heterocycles. The van der Waals surface area contributed by atoms with Gasteiger partial charge in [-0.15, -0.1) is 4.91 Å². The van der Waals surface area contributed by atoms with Crippen LogP contribution in [0.15, 0.2) is 35.5 Å². The van der Waals surface area contributed by atoms with Crippen LogP contribution in [-0.4, -0.2) is 11.7 Å². The lowest BCUT2D eigenvalue weighted by molar-refractivity contribution is 0.319. The van der Waals surface area contributed by atoms with E-state index < -0.39 is 0 Å². The Balaban J connectivity index is 2.77. The summed E-state index contributed by atoms with van der Waals surface area (Å²) >= 11 is 0. The van der Waals surface area contributed by atoms with E-state index in [1.807, 2.05) is 19.1 Å². The van der Waals surface area contributed by atoms with Crippen molar-refractivity contribution in [3.05, 3.63) is 35.2 Å². The second kappa shape index (κ2) is 4.18. The van der Waals surface area contributed by atoms with Crippen LogP contribution in [0.25, 0.3) is 10.8 Å². The number of nitroso groups, excluding NO2 is 1. The van der Waals surface area contributed by atoms with Crippen molar-refractivity contribution in [1.82, 2.24) is 0 Å². The first-order valence-electron chi connectivity index (χ1n) is 4.98. The summed E-state index contributed by atoms with van der Waals surface area (Å²) in [5, 5.41) is 14.1. The van der Waals surface area contributed by atoms with E-state index in [2.05, 4.69) is 5.18 Å². The van der Waals surface area contributed by atoms with Crippen molar-refractivity contribution in [2.24, 2.45) is 5.18 Å². The highest BCUT2D eigenvalue weighted by Gasteiger charge is 2.13. The van der Waals surface area contributed by atoms with Gasteiger partial charge in [0.25, 0.3) is 0 Å². The van der Waals surface area contributed by atoms with E-state index in [0.29, 0.717) is 12.0 Å².